The maximum atomic E-state index is 13.5. The molecule has 31 heavy (non-hydrogen) atoms. The van der Waals surface area contributed by atoms with Crippen LogP contribution in [0.25, 0.3) is 0 Å². The first-order valence-electron chi connectivity index (χ1n) is 9.86. The van der Waals surface area contributed by atoms with Crippen LogP contribution in [0.2, 0.25) is 0 Å². The summed E-state index contributed by atoms with van der Waals surface area (Å²) in [5, 5.41) is 7.02. The Bertz CT molecular complexity index is 971. The molecule has 1 N–H and O–H groups in total. The van der Waals surface area contributed by atoms with Crippen LogP contribution in [0, 0.1) is 0 Å². The summed E-state index contributed by atoms with van der Waals surface area (Å²) in [6.07, 6.45) is 0. The quantitative estimate of drug-likeness (QED) is 0.495. The highest BCUT2D eigenvalue weighted by molar-refractivity contribution is 6.12. The van der Waals surface area contributed by atoms with Gasteiger partial charge in [0, 0.05) is 25.4 Å². The van der Waals surface area contributed by atoms with Crippen molar-refractivity contribution in [3.8, 4) is 5.75 Å². The van der Waals surface area contributed by atoms with Gasteiger partial charge >= 0.3 is 5.97 Å². The number of hydrogen-bond donors (Lipinski definition) is 1. The fourth-order valence-corrected chi connectivity index (χ4v) is 3.48. The van der Waals surface area contributed by atoms with Crippen LogP contribution in [0.1, 0.15) is 34.8 Å². The molecule has 1 aliphatic rings. The van der Waals surface area contributed by atoms with Gasteiger partial charge in [0.1, 0.15) is 17.0 Å². The second-order valence-electron chi connectivity index (χ2n) is 7.15. The minimum atomic E-state index is -1.30. The first-order valence-corrected chi connectivity index (χ1v) is 9.86. The van der Waals surface area contributed by atoms with Crippen molar-refractivity contribution in [2.24, 2.45) is 0 Å². The van der Waals surface area contributed by atoms with Gasteiger partial charge in [0.25, 0.3) is 5.91 Å². The van der Waals surface area contributed by atoms with Gasteiger partial charge in [-0.15, -0.1) is 0 Å². The molecule has 2 heterocycles. The molecule has 0 bridgehead atoms. The lowest BCUT2D eigenvalue weighted by atomic mass is 9.94. The number of esters is 1. The number of carbonyl (C=O) groups excluding carboxylic acids is 3. The molecule has 0 saturated carbocycles. The number of hydrogen-bond acceptors (Lipinski definition) is 7. The van der Waals surface area contributed by atoms with Crippen molar-refractivity contribution in [2.75, 3.05) is 38.9 Å². The average Bonchev–Trinajstić information content (AvgIpc) is 3.18. The second-order valence-corrected chi connectivity index (χ2v) is 7.15. The van der Waals surface area contributed by atoms with Crippen LogP contribution < -0.4 is 15.0 Å². The monoisotopic (exact) mass is 430 g/mol. The predicted octanol–water partition coefficient (Wildman–Crippen LogP) is 1.25. The minimum absolute atomic E-state index is 0.0175. The molecule has 0 aliphatic carbocycles. The van der Waals surface area contributed by atoms with Gasteiger partial charge in [-0.2, -0.15) is 5.10 Å². The molecule has 1 unspecified atom stereocenters. The van der Waals surface area contributed by atoms with E-state index < -0.39 is 17.4 Å². The second kappa shape index (κ2) is 9.17. The lowest BCUT2D eigenvalue weighted by molar-refractivity contribution is -0.126. The van der Waals surface area contributed by atoms with E-state index in [1.165, 1.54) is 22.8 Å². The standard InChI is InChI=1S/C21H26N4O6/c1-5-31-19(27)16-12-17-18(26)25(14-6-8-15(30-4)9-7-14)21(2,13-24(17)23-16)20(28)22-10-11-29-3/h6-9,12H,5,10-11,13H2,1-4H3,(H,22,28). The van der Waals surface area contributed by atoms with Gasteiger partial charge in [0.05, 0.1) is 26.9 Å². The molecule has 10 nitrogen and oxygen atoms in total. The van der Waals surface area contributed by atoms with Crippen molar-refractivity contribution < 1.29 is 28.6 Å². The zero-order chi connectivity index (χ0) is 22.6. The van der Waals surface area contributed by atoms with E-state index in [9.17, 15) is 14.4 Å². The number of nitrogens with zero attached hydrogens (tertiary/aromatic N) is 3. The SMILES string of the molecule is CCOC(=O)c1cc2n(n1)CC(C)(C(=O)NCCOC)N(c1ccc(OC)cc1)C2=O. The van der Waals surface area contributed by atoms with Gasteiger partial charge < -0.3 is 19.5 Å². The lowest BCUT2D eigenvalue weighted by Gasteiger charge is -2.43. The van der Waals surface area contributed by atoms with Gasteiger partial charge in [0.15, 0.2) is 5.69 Å². The van der Waals surface area contributed by atoms with Crippen LogP contribution in [0.4, 0.5) is 5.69 Å². The van der Waals surface area contributed by atoms with E-state index in [0.29, 0.717) is 18.0 Å². The normalized spacial score (nSPS) is 17.8. The van der Waals surface area contributed by atoms with E-state index in [1.54, 1.807) is 45.2 Å². The van der Waals surface area contributed by atoms with Crippen LogP contribution in [0.3, 0.4) is 0 Å². The van der Waals surface area contributed by atoms with Crippen molar-refractivity contribution in [2.45, 2.75) is 25.9 Å². The topological polar surface area (TPSA) is 112 Å². The maximum Gasteiger partial charge on any atom is 0.358 e. The van der Waals surface area contributed by atoms with E-state index >= 15 is 0 Å². The molecule has 2 aromatic rings. The predicted molar refractivity (Wildman–Crippen MR) is 111 cm³/mol. The molecule has 1 aromatic carbocycles. The number of rotatable bonds is 8. The summed E-state index contributed by atoms with van der Waals surface area (Å²) in [6.45, 7) is 4.20. The molecule has 0 fully saturated rings. The Morgan fingerprint density at radius 2 is 1.94 bits per heavy atom. The zero-order valence-corrected chi connectivity index (χ0v) is 18.0. The molecule has 0 radical (unpaired) electrons. The number of methoxy groups -OCH3 is 2. The van der Waals surface area contributed by atoms with E-state index in [0.717, 1.165) is 0 Å². The molecule has 166 valence electrons. The Morgan fingerprint density at radius 1 is 1.23 bits per heavy atom. The third-order valence-corrected chi connectivity index (χ3v) is 5.05. The minimum Gasteiger partial charge on any atom is -0.497 e. The van der Waals surface area contributed by atoms with Crippen LogP contribution >= 0.6 is 0 Å². The molecule has 0 saturated heterocycles. The molecular formula is C21H26N4O6. The number of carbonyl (C=O) groups is 3. The fourth-order valence-electron chi connectivity index (χ4n) is 3.48. The smallest absolute Gasteiger partial charge is 0.358 e. The molecule has 1 aliphatic heterocycles. The van der Waals surface area contributed by atoms with Crippen LogP contribution in [0.5, 0.6) is 5.75 Å². The van der Waals surface area contributed by atoms with Gasteiger partial charge in [-0.3, -0.25) is 19.2 Å². The highest BCUT2D eigenvalue weighted by atomic mass is 16.5. The van der Waals surface area contributed by atoms with Crippen LogP contribution in [-0.4, -0.2) is 67.1 Å². The van der Waals surface area contributed by atoms with Crippen molar-refractivity contribution in [3.05, 3.63) is 41.7 Å². The van der Waals surface area contributed by atoms with Crippen molar-refractivity contribution in [3.63, 3.8) is 0 Å². The van der Waals surface area contributed by atoms with Crippen molar-refractivity contribution >= 4 is 23.5 Å². The van der Waals surface area contributed by atoms with Gasteiger partial charge in [-0.1, -0.05) is 0 Å². The van der Waals surface area contributed by atoms with E-state index in [-0.39, 0.29) is 37.0 Å². The number of benzene rings is 1. The van der Waals surface area contributed by atoms with Crippen LogP contribution in [-0.2, 0) is 20.8 Å². The molecule has 3 rings (SSSR count). The fraction of sp³-hybridized carbons (Fsp3) is 0.429. The van der Waals surface area contributed by atoms with Crippen LogP contribution in [0.15, 0.2) is 30.3 Å². The lowest BCUT2D eigenvalue weighted by Crippen LogP contribution is -2.64. The molecule has 0 spiro atoms. The summed E-state index contributed by atoms with van der Waals surface area (Å²) in [5.41, 5.74) is -0.574. The Hall–Kier alpha value is -3.40. The summed E-state index contributed by atoms with van der Waals surface area (Å²) < 4.78 is 16.6. The molecule has 1 atom stereocenters. The number of amides is 2. The van der Waals surface area contributed by atoms with Gasteiger partial charge in [-0.05, 0) is 38.1 Å². The Morgan fingerprint density at radius 3 is 2.55 bits per heavy atom. The highest BCUT2D eigenvalue weighted by Gasteiger charge is 2.49. The Kier molecular flexibility index (Phi) is 6.59. The highest BCUT2D eigenvalue weighted by Crippen LogP contribution is 2.33. The Labute approximate surface area is 180 Å². The largest absolute Gasteiger partial charge is 0.497 e. The molecule has 1 aromatic heterocycles. The number of aromatic nitrogens is 2. The third kappa shape index (κ3) is 4.24. The zero-order valence-electron chi connectivity index (χ0n) is 18.0. The number of anilines is 1. The summed E-state index contributed by atoms with van der Waals surface area (Å²) in [4.78, 5) is 40.2. The molecule has 10 heteroatoms. The first-order chi connectivity index (χ1) is 14.8. The van der Waals surface area contributed by atoms with E-state index in [4.69, 9.17) is 14.2 Å². The molecular weight excluding hydrogens is 404 g/mol. The van der Waals surface area contributed by atoms with Crippen molar-refractivity contribution in [1.29, 1.82) is 0 Å². The third-order valence-electron chi connectivity index (χ3n) is 5.05. The van der Waals surface area contributed by atoms with Gasteiger partial charge in [0.2, 0.25) is 5.91 Å². The van der Waals surface area contributed by atoms with E-state index in [2.05, 4.69) is 10.4 Å². The average molecular weight is 430 g/mol. The summed E-state index contributed by atoms with van der Waals surface area (Å²) in [6, 6.07) is 8.22. The number of ether oxygens (including phenoxy) is 3. The van der Waals surface area contributed by atoms with Crippen molar-refractivity contribution in [1.82, 2.24) is 15.1 Å². The number of fused-ring (bicyclic) bond motifs is 1. The number of nitrogens with one attached hydrogen (secondary N) is 1. The van der Waals surface area contributed by atoms with E-state index in [1.807, 2.05) is 0 Å². The summed E-state index contributed by atoms with van der Waals surface area (Å²) in [7, 11) is 3.08. The maximum absolute atomic E-state index is 13.5. The molecule has 2 amide bonds. The summed E-state index contributed by atoms with van der Waals surface area (Å²) in [5.74, 6) is -0.829. The van der Waals surface area contributed by atoms with Gasteiger partial charge in [-0.25, -0.2) is 4.79 Å². The first kappa shape index (κ1) is 22.3. The summed E-state index contributed by atoms with van der Waals surface area (Å²) >= 11 is 0. The Balaban J connectivity index is 2.04.